The number of carbonyl (C=O) groups is 1. The number of hydrogen-bond donors (Lipinski definition) is 0. The van der Waals surface area contributed by atoms with Crippen LogP contribution in [0.2, 0.25) is 5.21 Å². The molecule has 2 aromatic rings. The molecule has 2 saturated carbocycles. The highest BCUT2D eigenvalue weighted by atomic mass is 31.1. The van der Waals surface area contributed by atoms with Gasteiger partial charge in [0.25, 0.3) is 0 Å². The molecule has 1 aliphatic heterocycles. The molecule has 1 heterocycles. The minimum atomic E-state index is -2.04. The average Bonchev–Trinajstić information content (AvgIpc) is 3.50. The summed E-state index contributed by atoms with van der Waals surface area (Å²) in [6, 6.07) is 12.9. The molecule has 2 aliphatic carbocycles. The lowest BCUT2D eigenvalue weighted by Gasteiger charge is -2.32. The molecule has 2 fully saturated rings. The van der Waals surface area contributed by atoms with Crippen LogP contribution >= 0.6 is 7.92 Å². The van der Waals surface area contributed by atoms with Crippen molar-refractivity contribution in [3.8, 4) is 0 Å². The lowest BCUT2D eigenvalue weighted by Crippen LogP contribution is -2.27. The first kappa shape index (κ1) is 17.6. The van der Waals surface area contributed by atoms with Crippen molar-refractivity contribution in [2.45, 2.75) is 41.7 Å². The lowest BCUT2D eigenvalue weighted by atomic mass is 9.63. The third-order valence-electron chi connectivity index (χ3n) is 6.33. The van der Waals surface area contributed by atoms with Crippen molar-refractivity contribution in [1.82, 2.24) is 0 Å². The monoisotopic (exact) mass is 376 g/mol. The molecule has 0 amide bonds. The molecule has 0 N–H and O–H groups in total. The van der Waals surface area contributed by atoms with Gasteiger partial charge in [-0.2, -0.15) is 0 Å². The van der Waals surface area contributed by atoms with Crippen molar-refractivity contribution in [3.05, 3.63) is 70.5 Å². The van der Waals surface area contributed by atoms with Gasteiger partial charge < -0.3 is 0 Å². The minimum Gasteiger partial charge on any atom is -0.289 e. The van der Waals surface area contributed by atoms with E-state index in [1.165, 1.54) is 6.07 Å². The van der Waals surface area contributed by atoms with Crippen molar-refractivity contribution >= 4 is 29.1 Å². The van der Waals surface area contributed by atoms with Crippen LogP contribution < -0.4 is 0 Å². The summed E-state index contributed by atoms with van der Waals surface area (Å²) < 4.78 is 30.4. The summed E-state index contributed by atoms with van der Waals surface area (Å²) in [5.74, 6) is -0.604. The maximum absolute atomic E-state index is 15.4. The molecule has 3 aliphatic rings. The second-order valence-corrected chi connectivity index (χ2v) is 10.4. The third kappa shape index (κ3) is 2.50. The third-order valence-corrected chi connectivity index (χ3v) is 8.88. The molecule has 0 saturated heterocycles. The van der Waals surface area contributed by atoms with Crippen molar-refractivity contribution < 1.29 is 13.6 Å². The highest BCUT2D eigenvalue weighted by molar-refractivity contribution is 7.75. The van der Waals surface area contributed by atoms with Crippen LogP contribution in [0.1, 0.15) is 46.3 Å². The van der Waals surface area contributed by atoms with Gasteiger partial charge in [-0.1, -0.05) is 47.7 Å². The molecule has 2 aromatic carbocycles. The molecule has 6 heteroatoms. The van der Waals surface area contributed by atoms with E-state index in [4.69, 9.17) is 15.7 Å². The summed E-state index contributed by atoms with van der Waals surface area (Å²) in [5.41, 5.74) is -0.451. The maximum atomic E-state index is 15.4. The summed E-state index contributed by atoms with van der Waals surface area (Å²) >= 11 is 0. The fourth-order valence-corrected chi connectivity index (χ4v) is 7.24. The largest absolute Gasteiger partial charge is 0.289 e. The van der Waals surface area contributed by atoms with Crippen LogP contribution in [0.5, 0.6) is 0 Å². The minimum absolute atomic E-state index is 0.0160. The Morgan fingerprint density at radius 2 is 1.74 bits per heavy atom. The Morgan fingerprint density at radius 3 is 2.33 bits per heavy atom. The molecule has 1 spiro atoms. The number of halogens is 2. The van der Waals surface area contributed by atoms with Gasteiger partial charge in [0.05, 0.1) is 15.7 Å². The second-order valence-electron chi connectivity index (χ2n) is 8.30. The summed E-state index contributed by atoms with van der Waals surface area (Å²) in [4.78, 5) is 13.1. The molecular weight excluding hydrogens is 359 g/mol. The van der Waals surface area contributed by atoms with E-state index in [0.717, 1.165) is 18.4 Å². The molecule has 132 valence electrons. The number of fused-ring (bicyclic) bond motifs is 2. The molecule has 27 heavy (non-hydrogen) atoms. The van der Waals surface area contributed by atoms with Crippen LogP contribution in [0.3, 0.4) is 0 Å². The second kappa shape index (κ2) is 5.54. The van der Waals surface area contributed by atoms with Crippen molar-refractivity contribution in [3.63, 3.8) is 0 Å². The van der Waals surface area contributed by atoms with Gasteiger partial charge in [-0.05, 0) is 45.1 Å². The quantitative estimate of drug-likeness (QED) is 0.560. The standard InChI is InChI=1S/C21H17B2F2OP/c22-21(23)11-20(21,25)15-7-6-14-16(17(15)24)19(8-9-19)12-27(18(14)26)10-13-4-2-1-3-5-13/h1-7H,8-12H2. The van der Waals surface area contributed by atoms with Gasteiger partial charge in [-0.3, -0.25) is 4.79 Å². The van der Waals surface area contributed by atoms with E-state index in [1.54, 1.807) is 6.07 Å². The first-order chi connectivity index (χ1) is 12.8. The van der Waals surface area contributed by atoms with E-state index in [1.807, 2.05) is 30.3 Å². The first-order valence-electron chi connectivity index (χ1n) is 9.21. The Morgan fingerprint density at radius 1 is 1.07 bits per heavy atom. The lowest BCUT2D eigenvalue weighted by molar-refractivity contribution is 0.107. The smallest absolute Gasteiger partial charge is 0.184 e. The zero-order chi connectivity index (χ0) is 19.0. The van der Waals surface area contributed by atoms with Gasteiger partial charge in [0, 0.05) is 22.1 Å². The van der Waals surface area contributed by atoms with E-state index >= 15 is 8.78 Å². The Bertz CT molecular complexity index is 958. The van der Waals surface area contributed by atoms with Crippen LogP contribution in [0, 0.1) is 5.82 Å². The molecule has 4 radical (unpaired) electrons. The summed E-state index contributed by atoms with van der Waals surface area (Å²) in [6.45, 7) is 0. The van der Waals surface area contributed by atoms with Gasteiger partial charge >= 0.3 is 0 Å². The van der Waals surface area contributed by atoms with Crippen molar-refractivity contribution in [1.29, 1.82) is 0 Å². The Hall–Kier alpha value is -1.47. The van der Waals surface area contributed by atoms with E-state index < -0.39 is 24.6 Å². The van der Waals surface area contributed by atoms with Crippen LogP contribution in [-0.4, -0.2) is 27.4 Å². The van der Waals surface area contributed by atoms with Crippen LogP contribution in [0.4, 0.5) is 8.78 Å². The molecule has 5 rings (SSSR count). The van der Waals surface area contributed by atoms with E-state index in [-0.39, 0.29) is 22.9 Å². The number of carbonyl (C=O) groups excluding carboxylic acids is 1. The zero-order valence-electron chi connectivity index (χ0n) is 14.8. The Balaban J connectivity index is 1.55. The SMILES string of the molecule is [B]C1([B])CC1(F)c1ccc2c(c1F)C1(CC1)CP(Cc1ccccc1)C2=O. The Labute approximate surface area is 161 Å². The normalized spacial score (nSPS) is 29.4. The molecule has 1 nitrogen and oxygen atoms in total. The van der Waals surface area contributed by atoms with Crippen molar-refractivity contribution in [2.24, 2.45) is 0 Å². The molecule has 2 unspecified atom stereocenters. The summed E-state index contributed by atoms with van der Waals surface area (Å²) in [5, 5.41) is -1.53. The van der Waals surface area contributed by atoms with Crippen LogP contribution in [0.15, 0.2) is 42.5 Å². The van der Waals surface area contributed by atoms with E-state index in [0.29, 0.717) is 23.5 Å². The number of hydrogen-bond acceptors (Lipinski definition) is 1. The fraction of sp³-hybridized carbons (Fsp3) is 0.381. The topological polar surface area (TPSA) is 17.1 Å². The predicted molar refractivity (Wildman–Crippen MR) is 105 cm³/mol. The summed E-state index contributed by atoms with van der Waals surface area (Å²) in [6.07, 6.45) is 2.98. The highest BCUT2D eigenvalue weighted by Gasteiger charge is 2.64. The maximum Gasteiger partial charge on any atom is 0.184 e. The molecule has 0 aromatic heterocycles. The molecule has 0 bridgehead atoms. The van der Waals surface area contributed by atoms with E-state index in [9.17, 15) is 4.79 Å². The predicted octanol–water partition coefficient (Wildman–Crippen LogP) is 4.71. The summed E-state index contributed by atoms with van der Waals surface area (Å²) in [7, 11) is 10.5. The van der Waals surface area contributed by atoms with Gasteiger partial charge in [0.2, 0.25) is 0 Å². The van der Waals surface area contributed by atoms with Gasteiger partial charge in [-0.25, -0.2) is 8.78 Å². The van der Waals surface area contributed by atoms with Crippen LogP contribution in [0.25, 0.3) is 0 Å². The van der Waals surface area contributed by atoms with Crippen LogP contribution in [-0.2, 0) is 17.2 Å². The van der Waals surface area contributed by atoms with Gasteiger partial charge in [0.15, 0.2) is 5.52 Å². The molecule has 2 atom stereocenters. The number of rotatable bonds is 3. The number of benzene rings is 2. The van der Waals surface area contributed by atoms with Crippen molar-refractivity contribution in [2.75, 3.05) is 6.16 Å². The average molecular weight is 376 g/mol. The first-order valence-corrected chi connectivity index (χ1v) is 10.9. The Kier molecular flexibility index (Phi) is 3.61. The zero-order valence-corrected chi connectivity index (χ0v) is 15.7. The van der Waals surface area contributed by atoms with E-state index in [2.05, 4.69) is 0 Å². The highest BCUT2D eigenvalue weighted by Crippen LogP contribution is 2.70. The number of alkyl halides is 1. The fourth-order valence-electron chi connectivity index (χ4n) is 4.46. The van der Waals surface area contributed by atoms with Gasteiger partial charge in [0.1, 0.15) is 11.5 Å². The molecular formula is C21H17B2F2OP. The van der Waals surface area contributed by atoms with Gasteiger partial charge in [-0.15, -0.1) is 0 Å².